The molecular formula is C25H32N4O. The van der Waals surface area contributed by atoms with Gasteiger partial charge in [0.25, 0.3) is 0 Å². The first-order valence-corrected chi connectivity index (χ1v) is 10.8. The smallest absolute Gasteiger partial charge is 0.228 e. The Bertz CT molecular complexity index is 877. The third-order valence-electron chi connectivity index (χ3n) is 5.75. The van der Waals surface area contributed by atoms with Gasteiger partial charge in [-0.2, -0.15) is 5.26 Å². The van der Waals surface area contributed by atoms with Crippen LogP contribution in [0.2, 0.25) is 0 Å². The number of carbonyl (C=O) groups excluding carboxylic acids is 1. The zero-order chi connectivity index (χ0) is 21.5. The predicted molar refractivity (Wildman–Crippen MR) is 122 cm³/mol. The second-order valence-corrected chi connectivity index (χ2v) is 8.48. The monoisotopic (exact) mass is 404 g/mol. The number of nitrogens with zero attached hydrogens (tertiary/aromatic N) is 3. The SMILES string of the molecule is CC(C)C[C@@H](C(=O)NCC#N)c1ccccc1-c1ccc(N2CCN(C)CC2)cc1. The lowest BCUT2D eigenvalue weighted by molar-refractivity contribution is -0.122. The Morgan fingerprint density at radius 1 is 1.07 bits per heavy atom. The predicted octanol–water partition coefficient (Wildman–Crippen LogP) is 3.87. The van der Waals surface area contributed by atoms with Gasteiger partial charge in [0.05, 0.1) is 12.0 Å². The van der Waals surface area contributed by atoms with Gasteiger partial charge in [-0.1, -0.05) is 50.2 Å². The maximum atomic E-state index is 12.8. The average molecular weight is 405 g/mol. The molecule has 5 nitrogen and oxygen atoms in total. The number of amides is 1. The number of benzene rings is 2. The second kappa shape index (κ2) is 10.3. The van der Waals surface area contributed by atoms with Gasteiger partial charge >= 0.3 is 0 Å². The fourth-order valence-electron chi connectivity index (χ4n) is 4.08. The largest absolute Gasteiger partial charge is 0.369 e. The number of carbonyl (C=O) groups is 1. The molecule has 1 heterocycles. The van der Waals surface area contributed by atoms with Gasteiger partial charge in [0, 0.05) is 31.9 Å². The van der Waals surface area contributed by atoms with Crippen molar-refractivity contribution in [3.05, 3.63) is 54.1 Å². The van der Waals surface area contributed by atoms with Gasteiger partial charge in [-0.15, -0.1) is 0 Å². The molecule has 2 aromatic rings. The highest BCUT2D eigenvalue weighted by molar-refractivity contribution is 5.87. The summed E-state index contributed by atoms with van der Waals surface area (Å²) in [7, 11) is 2.16. The number of hydrogen-bond acceptors (Lipinski definition) is 4. The molecule has 3 rings (SSSR count). The topological polar surface area (TPSA) is 59.4 Å². The molecule has 1 aliphatic heterocycles. The van der Waals surface area contributed by atoms with Crippen LogP contribution in [-0.2, 0) is 4.79 Å². The average Bonchev–Trinajstić information content (AvgIpc) is 2.76. The fourth-order valence-corrected chi connectivity index (χ4v) is 4.08. The summed E-state index contributed by atoms with van der Waals surface area (Å²) < 4.78 is 0. The van der Waals surface area contributed by atoms with Gasteiger partial charge < -0.3 is 15.1 Å². The molecule has 0 aromatic heterocycles. The quantitative estimate of drug-likeness (QED) is 0.712. The normalized spacial score (nSPS) is 15.6. The van der Waals surface area contributed by atoms with Crippen LogP contribution in [0.15, 0.2) is 48.5 Å². The molecule has 1 atom stereocenters. The van der Waals surface area contributed by atoms with E-state index in [0.29, 0.717) is 5.92 Å². The first-order valence-electron chi connectivity index (χ1n) is 10.8. The van der Waals surface area contributed by atoms with E-state index in [0.717, 1.165) is 49.3 Å². The molecule has 0 bridgehead atoms. The van der Waals surface area contributed by atoms with Crippen LogP contribution in [0.25, 0.3) is 11.1 Å². The van der Waals surface area contributed by atoms with E-state index in [9.17, 15) is 4.79 Å². The Kier molecular flexibility index (Phi) is 7.48. The number of rotatable bonds is 7. The van der Waals surface area contributed by atoms with Gasteiger partial charge in [-0.25, -0.2) is 0 Å². The van der Waals surface area contributed by atoms with Crippen LogP contribution in [0.5, 0.6) is 0 Å². The van der Waals surface area contributed by atoms with E-state index < -0.39 is 0 Å². The zero-order valence-electron chi connectivity index (χ0n) is 18.3. The molecule has 5 heteroatoms. The first kappa shape index (κ1) is 21.9. The number of nitrogens with one attached hydrogen (secondary N) is 1. The van der Waals surface area contributed by atoms with Gasteiger partial charge in [-0.3, -0.25) is 4.79 Å². The maximum Gasteiger partial charge on any atom is 0.228 e. The second-order valence-electron chi connectivity index (χ2n) is 8.48. The van der Waals surface area contributed by atoms with Crippen molar-refractivity contribution in [2.45, 2.75) is 26.2 Å². The van der Waals surface area contributed by atoms with E-state index in [-0.39, 0.29) is 18.4 Å². The number of likely N-dealkylation sites (N-methyl/N-ethyl adjacent to an activating group) is 1. The first-order chi connectivity index (χ1) is 14.5. The van der Waals surface area contributed by atoms with Crippen molar-refractivity contribution in [1.29, 1.82) is 5.26 Å². The Labute approximate surface area is 180 Å². The highest BCUT2D eigenvalue weighted by Gasteiger charge is 2.24. The molecule has 1 aliphatic rings. The molecule has 0 unspecified atom stereocenters. The lowest BCUT2D eigenvalue weighted by Crippen LogP contribution is -2.44. The van der Waals surface area contributed by atoms with Crippen LogP contribution in [0, 0.1) is 17.2 Å². The number of hydrogen-bond donors (Lipinski definition) is 1. The molecule has 0 aliphatic carbocycles. The molecule has 1 saturated heterocycles. The standard InChI is InChI=1S/C25H32N4O/c1-19(2)18-24(25(30)27-13-12-26)23-7-5-4-6-22(23)20-8-10-21(11-9-20)29-16-14-28(3)15-17-29/h4-11,19,24H,13-18H2,1-3H3,(H,27,30)/t24-/m1/s1. The molecule has 2 aromatic carbocycles. The fraction of sp³-hybridized carbons (Fsp3) is 0.440. The van der Waals surface area contributed by atoms with Crippen molar-refractivity contribution in [1.82, 2.24) is 10.2 Å². The molecule has 0 radical (unpaired) electrons. The number of piperazine rings is 1. The lowest BCUT2D eigenvalue weighted by atomic mass is 9.84. The summed E-state index contributed by atoms with van der Waals surface area (Å²) in [6.07, 6.45) is 0.744. The van der Waals surface area contributed by atoms with Crippen LogP contribution < -0.4 is 10.2 Å². The van der Waals surface area contributed by atoms with E-state index in [1.807, 2.05) is 24.3 Å². The summed E-state index contributed by atoms with van der Waals surface area (Å²) in [5.41, 5.74) is 4.47. The van der Waals surface area contributed by atoms with E-state index in [1.165, 1.54) is 5.69 Å². The minimum absolute atomic E-state index is 0.0370. The van der Waals surface area contributed by atoms with Crippen molar-refractivity contribution in [2.75, 3.05) is 44.7 Å². The molecule has 0 saturated carbocycles. The molecule has 1 N–H and O–H groups in total. The minimum atomic E-state index is -0.271. The Balaban J connectivity index is 1.87. The van der Waals surface area contributed by atoms with Crippen LogP contribution in [0.4, 0.5) is 5.69 Å². The van der Waals surface area contributed by atoms with E-state index in [2.05, 4.69) is 66.3 Å². The molecule has 158 valence electrons. The van der Waals surface area contributed by atoms with Crippen LogP contribution in [0.3, 0.4) is 0 Å². The third kappa shape index (κ3) is 5.40. The van der Waals surface area contributed by atoms with Crippen LogP contribution in [0.1, 0.15) is 31.7 Å². The van der Waals surface area contributed by atoms with Gasteiger partial charge in [0.2, 0.25) is 5.91 Å². The Morgan fingerprint density at radius 3 is 2.37 bits per heavy atom. The Morgan fingerprint density at radius 2 is 1.73 bits per heavy atom. The van der Waals surface area contributed by atoms with Crippen molar-refractivity contribution in [2.24, 2.45) is 5.92 Å². The summed E-state index contributed by atoms with van der Waals surface area (Å²) in [5, 5.41) is 11.6. The van der Waals surface area contributed by atoms with Gasteiger partial charge in [0.1, 0.15) is 6.54 Å². The van der Waals surface area contributed by atoms with Gasteiger partial charge in [-0.05, 0) is 48.2 Å². The van der Waals surface area contributed by atoms with Crippen LogP contribution in [-0.4, -0.2) is 50.6 Å². The highest BCUT2D eigenvalue weighted by Crippen LogP contribution is 2.34. The molecule has 30 heavy (non-hydrogen) atoms. The third-order valence-corrected chi connectivity index (χ3v) is 5.75. The van der Waals surface area contributed by atoms with Crippen molar-refractivity contribution in [3.63, 3.8) is 0 Å². The molecule has 1 amide bonds. The minimum Gasteiger partial charge on any atom is -0.369 e. The van der Waals surface area contributed by atoms with Crippen molar-refractivity contribution in [3.8, 4) is 17.2 Å². The number of nitriles is 1. The highest BCUT2D eigenvalue weighted by atomic mass is 16.1. The summed E-state index contributed by atoms with van der Waals surface area (Å²) in [4.78, 5) is 17.6. The maximum absolute atomic E-state index is 12.8. The van der Waals surface area contributed by atoms with Crippen molar-refractivity contribution < 1.29 is 4.79 Å². The lowest BCUT2D eigenvalue weighted by Gasteiger charge is -2.34. The summed E-state index contributed by atoms with van der Waals surface area (Å²) in [6, 6.07) is 18.8. The summed E-state index contributed by atoms with van der Waals surface area (Å²) >= 11 is 0. The van der Waals surface area contributed by atoms with E-state index in [1.54, 1.807) is 0 Å². The molecule has 1 fully saturated rings. The van der Waals surface area contributed by atoms with Crippen molar-refractivity contribution >= 4 is 11.6 Å². The summed E-state index contributed by atoms with van der Waals surface area (Å²) in [5.74, 6) is 0.0223. The number of anilines is 1. The molecule has 0 spiro atoms. The van der Waals surface area contributed by atoms with E-state index >= 15 is 0 Å². The Hall–Kier alpha value is -2.84. The summed E-state index contributed by atoms with van der Waals surface area (Å²) in [6.45, 7) is 8.54. The molecular weight excluding hydrogens is 372 g/mol. The van der Waals surface area contributed by atoms with Gasteiger partial charge in [0.15, 0.2) is 0 Å². The van der Waals surface area contributed by atoms with Crippen LogP contribution >= 0.6 is 0 Å². The van der Waals surface area contributed by atoms with E-state index in [4.69, 9.17) is 5.26 Å². The zero-order valence-corrected chi connectivity index (χ0v) is 18.3.